The van der Waals surface area contributed by atoms with Crippen molar-refractivity contribution in [2.75, 3.05) is 24.6 Å². The summed E-state index contributed by atoms with van der Waals surface area (Å²) in [5, 5.41) is 2.72. The molecule has 0 spiro atoms. The van der Waals surface area contributed by atoms with Crippen LogP contribution in [0, 0.1) is 0 Å². The van der Waals surface area contributed by atoms with Crippen LogP contribution in [0.1, 0.15) is 29.6 Å². The van der Waals surface area contributed by atoms with Crippen molar-refractivity contribution in [1.82, 2.24) is 10.2 Å². The van der Waals surface area contributed by atoms with Gasteiger partial charge in [0.1, 0.15) is 0 Å². The predicted octanol–water partition coefficient (Wildman–Crippen LogP) is 1.06. The number of sulfone groups is 2. The second-order valence-corrected chi connectivity index (χ2v) is 11.3. The number of carbonyl (C=O) groups excluding carboxylic acids is 1. The molecule has 0 saturated carbocycles. The third-order valence-corrected chi connectivity index (χ3v) is 8.45. The van der Waals surface area contributed by atoms with Gasteiger partial charge in [-0.3, -0.25) is 9.69 Å². The molecule has 2 saturated heterocycles. The first-order chi connectivity index (χ1) is 13.1. The largest absolute Gasteiger partial charge is 0.349 e. The van der Waals surface area contributed by atoms with Gasteiger partial charge in [0.15, 0.2) is 9.84 Å². The van der Waals surface area contributed by atoms with Gasteiger partial charge in [-0.25, -0.2) is 16.8 Å². The number of likely N-dealkylation sites (tertiary alicyclic amines) is 1. The Morgan fingerprint density at radius 3 is 2.36 bits per heavy atom. The number of carbonyl (C=O) groups is 1. The molecule has 0 bridgehead atoms. The van der Waals surface area contributed by atoms with Crippen molar-refractivity contribution < 1.29 is 30.4 Å². The van der Waals surface area contributed by atoms with E-state index >= 15 is 0 Å². The minimum atomic E-state index is -4.88. The molecule has 0 radical (unpaired) electrons. The van der Waals surface area contributed by atoms with Gasteiger partial charge >= 0.3 is 5.76 Å². The van der Waals surface area contributed by atoms with Gasteiger partial charge in [0.25, 0.3) is 5.91 Å². The molecule has 156 valence electrons. The zero-order valence-electron chi connectivity index (χ0n) is 15.1. The number of halogens is 2. The number of alkyl halides is 2. The summed E-state index contributed by atoms with van der Waals surface area (Å²) in [5.41, 5.74) is -0.299. The molecule has 1 N–H and O–H groups in total. The molecule has 2 aliphatic heterocycles. The van der Waals surface area contributed by atoms with Crippen LogP contribution in [-0.4, -0.2) is 70.1 Å². The molecule has 0 aromatic heterocycles. The summed E-state index contributed by atoms with van der Waals surface area (Å²) >= 11 is 0. The van der Waals surface area contributed by atoms with Gasteiger partial charge in [-0.1, -0.05) is 12.1 Å². The van der Waals surface area contributed by atoms with Crippen molar-refractivity contribution in [3.63, 3.8) is 0 Å². The zero-order chi connectivity index (χ0) is 20.5. The van der Waals surface area contributed by atoms with Crippen LogP contribution in [-0.2, 0) is 19.7 Å². The smallest absolute Gasteiger partial charge is 0.341 e. The van der Waals surface area contributed by atoms with Crippen molar-refractivity contribution in [1.29, 1.82) is 0 Å². The van der Waals surface area contributed by atoms with Crippen LogP contribution in [0.5, 0.6) is 0 Å². The first-order valence-corrected chi connectivity index (χ1v) is 12.3. The van der Waals surface area contributed by atoms with Gasteiger partial charge < -0.3 is 5.32 Å². The number of benzene rings is 1. The number of piperidine rings is 1. The fourth-order valence-electron chi connectivity index (χ4n) is 3.73. The van der Waals surface area contributed by atoms with Crippen LogP contribution in [0.4, 0.5) is 8.78 Å². The summed E-state index contributed by atoms with van der Waals surface area (Å²) in [6.45, 7) is 1.23. The Balaban J connectivity index is 1.63. The summed E-state index contributed by atoms with van der Waals surface area (Å²) < 4.78 is 72.6. The van der Waals surface area contributed by atoms with E-state index in [9.17, 15) is 30.4 Å². The molecule has 11 heteroatoms. The first-order valence-electron chi connectivity index (χ1n) is 8.96. The summed E-state index contributed by atoms with van der Waals surface area (Å²) in [4.78, 5) is 13.9. The van der Waals surface area contributed by atoms with Crippen molar-refractivity contribution in [2.45, 2.75) is 42.0 Å². The Morgan fingerprint density at radius 2 is 1.79 bits per heavy atom. The fraction of sp³-hybridized carbons (Fsp3) is 0.588. The minimum Gasteiger partial charge on any atom is -0.349 e. The monoisotopic (exact) mass is 436 g/mol. The lowest BCUT2D eigenvalue weighted by atomic mass is 10.0. The van der Waals surface area contributed by atoms with Crippen LogP contribution in [0.15, 0.2) is 29.2 Å². The van der Waals surface area contributed by atoms with E-state index < -0.39 is 36.2 Å². The highest BCUT2D eigenvalue weighted by Gasteiger charge is 2.35. The summed E-state index contributed by atoms with van der Waals surface area (Å²) in [5.74, 6) is -3.96. The highest BCUT2D eigenvalue weighted by molar-refractivity contribution is 7.92. The van der Waals surface area contributed by atoms with Gasteiger partial charge in [0.2, 0.25) is 9.84 Å². The Bertz CT molecular complexity index is 942. The maximum absolute atomic E-state index is 12.9. The van der Waals surface area contributed by atoms with E-state index in [0.29, 0.717) is 32.4 Å². The van der Waals surface area contributed by atoms with Gasteiger partial charge in [-0.2, -0.15) is 8.78 Å². The Hall–Kier alpha value is -1.59. The zero-order valence-corrected chi connectivity index (χ0v) is 16.7. The molecule has 3 rings (SSSR count). The fourth-order valence-corrected chi connectivity index (χ4v) is 6.42. The van der Waals surface area contributed by atoms with Gasteiger partial charge in [-0.15, -0.1) is 0 Å². The van der Waals surface area contributed by atoms with E-state index in [1.165, 1.54) is 18.2 Å². The normalized spacial score (nSPS) is 23.8. The second-order valence-electron chi connectivity index (χ2n) is 7.14. The van der Waals surface area contributed by atoms with Gasteiger partial charge in [0, 0.05) is 25.2 Å². The molecule has 1 atom stereocenters. The predicted molar refractivity (Wildman–Crippen MR) is 98.8 cm³/mol. The lowest BCUT2D eigenvalue weighted by molar-refractivity contribution is 0.0894. The Morgan fingerprint density at radius 1 is 1.14 bits per heavy atom. The SMILES string of the molecule is O=C(NC1CCN([C@H]2CCS(=O)(=O)C2)CC1)c1ccccc1S(=O)(=O)C(F)F. The molecule has 1 aromatic rings. The van der Waals surface area contributed by atoms with Crippen LogP contribution < -0.4 is 5.32 Å². The van der Waals surface area contributed by atoms with E-state index in [1.54, 1.807) is 0 Å². The third-order valence-electron chi connectivity index (χ3n) is 5.26. The number of hydrogen-bond acceptors (Lipinski definition) is 6. The molecule has 7 nitrogen and oxygen atoms in total. The van der Waals surface area contributed by atoms with Crippen molar-refractivity contribution in [2.24, 2.45) is 0 Å². The Kier molecular flexibility index (Phi) is 6.06. The number of rotatable bonds is 5. The number of nitrogens with one attached hydrogen (secondary N) is 1. The maximum Gasteiger partial charge on any atom is 0.341 e. The maximum atomic E-state index is 12.9. The second kappa shape index (κ2) is 8.03. The number of hydrogen-bond donors (Lipinski definition) is 1. The molecule has 1 aromatic carbocycles. The number of amides is 1. The van der Waals surface area contributed by atoms with E-state index in [4.69, 9.17) is 0 Å². The summed E-state index contributed by atoms with van der Waals surface area (Å²) in [7, 11) is -7.85. The number of nitrogens with zero attached hydrogens (tertiary/aromatic N) is 1. The standard InChI is InChI=1S/C17H22F2N2O5S2/c18-17(19)28(25,26)15-4-2-1-3-14(15)16(22)20-12-5-8-21(9-6-12)13-7-10-27(23,24)11-13/h1-4,12-13,17H,5-11H2,(H,20,22)/t13-/m0/s1. The summed E-state index contributed by atoms with van der Waals surface area (Å²) in [6.07, 6.45) is 1.76. The van der Waals surface area contributed by atoms with Crippen molar-refractivity contribution >= 4 is 25.6 Å². The molecule has 0 aliphatic carbocycles. The average molecular weight is 437 g/mol. The Labute approximate surface area is 162 Å². The topological polar surface area (TPSA) is 101 Å². The van der Waals surface area contributed by atoms with Crippen LogP contribution >= 0.6 is 0 Å². The molecule has 28 heavy (non-hydrogen) atoms. The molecule has 2 aliphatic rings. The molecular weight excluding hydrogens is 414 g/mol. The van der Waals surface area contributed by atoms with E-state index in [1.807, 2.05) is 0 Å². The van der Waals surface area contributed by atoms with E-state index in [0.717, 1.165) is 6.07 Å². The average Bonchev–Trinajstić information content (AvgIpc) is 3.02. The molecule has 1 amide bonds. The lowest BCUT2D eigenvalue weighted by Gasteiger charge is -2.35. The minimum absolute atomic E-state index is 0.00133. The third kappa shape index (κ3) is 4.52. The quantitative estimate of drug-likeness (QED) is 0.741. The van der Waals surface area contributed by atoms with Crippen LogP contribution in [0.2, 0.25) is 0 Å². The van der Waals surface area contributed by atoms with Gasteiger partial charge in [-0.05, 0) is 31.4 Å². The van der Waals surface area contributed by atoms with E-state index in [2.05, 4.69) is 10.2 Å². The molecule has 2 fully saturated rings. The highest BCUT2D eigenvalue weighted by atomic mass is 32.2. The molecular formula is C17H22F2N2O5S2. The van der Waals surface area contributed by atoms with Crippen molar-refractivity contribution in [3.05, 3.63) is 29.8 Å². The summed E-state index contributed by atoms with van der Waals surface area (Å²) in [6, 6.07) is 4.69. The van der Waals surface area contributed by atoms with Gasteiger partial charge in [0.05, 0.1) is 22.0 Å². The molecule has 0 unspecified atom stereocenters. The van der Waals surface area contributed by atoms with Crippen LogP contribution in [0.3, 0.4) is 0 Å². The van der Waals surface area contributed by atoms with Crippen LogP contribution in [0.25, 0.3) is 0 Å². The lowest BCUT2D eigenvalue weighted by Crippen LogP contribution is -2.48. The highest BCUT2D eigenvalue weighted by Crippen LogP contribution is 2.24. The van der Waals surface area contributed by atoms with E-state index in [-0.39, 0.29) is 29.2 Å². The van der Waals surface area contributed by atoms with Crippen molar-refractivity contribution in [3.8, 4) is 0 Å². The molecule has 2 heterocycles. The first kappa shape index (κ1) is 21.1.